The van der Waals surface area contributed by atoms with Gasteiger partial charge in [0.15, 0.2) is 5.65 Å². The van der Waals surface area contributed by atoms with Crippen molar-refractivity contribution in [3.05, 3.63) is 71.0 Å². The zero-order chi connectivity index (χ0) is 18.6. The highest BCUT2D eigenvalue weighted by molar-refractivity contribution is 8.00. The Morgan fingerprint density at radius 3 is 2.96 bits per heavy atom. The van der Waals surface area contributed by atoms with Crippen LogP contribution >= 0.6 is 23.1 Å². The van der Waals surface area contributed by atoms with Crippen LogP contribution in [0, 0.1) is 11.8 Å². The van der Waals surface area contributed by atoms with Gasteiger partial charge >= 0.3 is 0 Å². The van der Waals surface area contributed by atoms with Crippen molar-refractivity contribution >= 4 is 40.3 Å². The molecule has 1 aromatic carbocycles. The van der Waals surface area contributed by atoms with Gasteiger partial charge in [-0.1, -0.05) is 12.0 Å². The summed E-state index contributed by atoms with van der Waals surface area (Å²) in [6.07, 6.45) is 3.66. The molecular weight excluding hydrogens is 378 g/mol. The number of benzene rings is 1. The highest BCUT2D eigenvalue weighted by atomic mass is 32.2. The summed E-state index contributed by atoms with van der Waals surface area (Å²) in [4.78, 5) is 12.5. The van der Waals surface area contributed by atoms with Gasteiger partial charge in [0.05, 0.1) is 9.90 Å². The average Bonchev–Trinajstić information content (AvgIpc) is 3.33. The molecule has 0 spiro atoms. The van der Waals surface area contributed by atoms with Gasteiger partial charge in [-0.3, -0.25) is 4.79 Å². The lowest BCUT2D eigenvalue weighted by molar-refractivity contribution is 0.102. The van der Waals surface area contributed by atoms with Crippen LogP contribution in [0.25, 0.3) is 5.65 Å². The maximum absolute atomic E-state index is 12.5. The van der Waals surface area contributed by atoms with E-state index >= 15 is 0 Å². The number of hydrogen-bond acceptors (Lipinski definition) is 6. The van der Waals surface area contributed by atoms with Crippen molar-refractivity contribution in [1.82, 2.24) is 19.8 Å². The lowest BCUT2D eigenvalue weighted by Gasteiger charge is -2.03. The Kier molecular flexibility index (Phi) is 4.87. The Balaban J connectivity index is 1.55. The molecule has 27 heavy (non-hydrogen) atoms. The molecule has 4 aromatic rings. The smallest absolute Gasteiger partial charge is 0.255 e. The van der Waals surface area contributed by atoms with Crippen LogP contribution in [0.3, 0.4) is 0 Å². The number of anilines is 1. The van der Waals surface area contributed by atoms with Gasteiger partial charge in [-0.05, 0) is 48.6 Å². The van der Waals surface area contributed by atoms with E-state index in [1.54, 1.807) is 58.1 Å². The molecular formula is C19H13N5OS2. The van der Waals surface area contributed by atoms with Crippen LogP contribution in [0.2, 0.25) is 0 Å². The Labute approximate surface area is 163 Å². The number of nitrogens with zero attached hydrogens (tertiary/aromatic N) is 4. The number of carbonyl (C=O) groups is 1. The topological polar surface area (TPSA) is 72.2 Å². The highest BCUT2D eigenvalue weighted by Crippen LogP contribution is 2.27. The average molecular weight is 391 g/mol. The van der Waals surface area contributed by atoms with Crippen LogP contribution in [0.5, 0.6) is 0 Å². The van der Waals surface area contributed by atoms with Crippen molar-refractivity contribution in [3.8, 4) is 11.8 Å². The van der Waals surface area contributed by atoms with E-state index in [0.29, 0.717) is 22.6 Å². The third-order valence-electron chi connectivity index (χ3n) is 3.66. The number of carbonyl (C=O) groups excluding carboxylic acids is 1. The Morgan fingerprint density at radius 2 is 2.11 bits per heavy atom. The van der Waals surface area contributed by atoms with Gasteiger partial charge in [-0.15, -0.1) is 33.3 Å². The summed E-state index contributed by atoms with van der Waals surface area (Å²) in [5.41, 5.74) is 2.69. The van der Waals surface area contributed by atoms with E-state index < -0.39 is 0 Å². The van der Waals surface area contributed by atoms with Crippen molar-refractivity contribution in [2.75, 3.05) is 11.6 Å². The van der Waals surface area contributed by atoms with Crippen molar-refractivity contribution in [3.63, 3.8) is 0 Å². The lowest BCUT2D eigenvalue weighted by atomic mass is 10.1. The Morgan fingerprint density at radius 1 is 1.19 bits per heavy atom. The third kappa shape index (κ3) is 3.84. The largest absolute Gasteiger partial charge is 0.321 e. The summed E-state index contributed by atoms with van der Waals surface area (Å²) in [5.74, 6) is 6.25. The van der Waals surface area contributed by atoms with Crippen LogP contribution in [-0.2, 0) is 0 Å². The first-order valence-electron chi connectivity index (χ1n) is 7.95. The molecule has 0 aliphatic rings. The molecule has 1 amide bonds. The predicted molar refractivity (Wildman–Crippen MR) is 107 cm³/mol. The fourth-order valence-electron chi connectivity index (χ4n) is 2.38. The van der Waals surface area contributed by atoms with E-state index in [9.17, 15) is 4.79 Å². The van der Waals surface area contributed by atoms with E-state index in [2.05, 4.69) is 32.5 Å². The number of aromatic nitrogens is 4. The number of fused-ring (bicyclic) bond motifs is 1. The first-order valence-corrected chi connectivity index (χ1v) is 10.1. The third-order valence-corrected chi connectivity index (χ3v) is 5.69. The van der Waals surface area contributed by atoms with Gasteiger partial charge in [0.1, 0.15) is 0 Å². The first kappa shape index (κ1) is 17.3. The summed E-state index contributed by atoms with van der Waals surface area (Å²) in [6.45, 7) is 0. The monoisotopic (exact) mass is 391 g/mol. The normalized spacial score (nSPS) is 10.4. The first-order chi connectivity index (χ1) is 13.2. The van der Waals surface area contributed by atoms with E-state index in [1.165, 1.54) is 0 Å². The van der Waals surface area contributed by atoms with Gasteiger partial charge in [-0.2, -0.15) is 9.61 Å². The van der Waals surface area contributed by atoms with E-state index in [4.69, 9.17) is 0 Å². The Hall–Kier alpha value is -3.15. The van der Waals surface area contributed by atoms with Gasteiger partial charge in [0.25, 0.3) is 5.91 Å². The molecule has 0 saturated heterocycles. The van der Waals surface area contributed by atoms with Gasteiger partial charge in [-0.25, -0.2) is 0 Å². The minimum atomic E-state index is -0.168. The predicted octanol–water partition coefficient (Wildman–Crippen LogP) is 3.56. The highest BCUT2D eigenvalue weighted by Gasteiger charge is 2.08. The second-order valence-electron chi connectivity index (χ2n) is 5.46. The maximum atomic E-state index is 12.5. The summed E-state index contributed by atoms with van der Waals surface area (Å²) in [7, 11) is 0. The van der Waals surface area contributed by atoms with Crippen molar-refractivity contribution in [2.45, 2.75) is 4.21 Å². The van der Waals surface area contributed by atoms with Gasteiger partial charge in [0.2, 0.25) is 5.82 Å². The number of rotatable bonds is 3. The molecule has 1 N–H and O–H groups in total. The molecule has 0 aliphatic heterocycles. The molecule has 4 rings (SSSR count). The van der Waals surface area contributed by atoms with Crippen LogP contribution < -0.4 is 5.32 Å². The summed E-state index contributed by atoms with van der Waals surface area (Å²) in [5, 5.41) is 17.1. The molecule has 132 valence electrons. The molecule has 0 aliphatic carbocycles. The number of thioether (sulfide) groups is 1. The number of hydrogen-bond donors (Lipinski definition) is 1. The van der Waals surface area contributed by atoms with Crippen molar-refractivity contribution in [2.24, 2.45) is 0 Å². The van der Waals surface area contributed by atoms with Crippen LogP contribution in [-0.4, -0.2) is 32.0 Å². The SMILES string of the molecule is CSc1cc(NC(=O)c2cccc(C#Cc3nnc4cccnn34)c2)cs1. The quantitative estimate of drug-likeness (QED) is 0.427. The van der Waals surface area contributed by atoms with Crippen LogP contribution in [0.1, 0.15) is 21.7 Å². The fraction of sp³-hybridized carbons (Fsp3) is 0.0526. The molecule has 3 heterocycles. The van der Waals surface area contributed by atoms with Gasteiger partial charge < -0.3 is 5.32 Å². The molecule has 0 radical (unpaired) electrons. The number of thiophene rings is 1. The molecule has 0 unspecified atom stereocenters. The zero-order valence-electron chi connectivity index (χ0n) is 14.2. The Bertz CT molecular complexity index is 1190. The number of nitrogens with one attached hydrogen (secondary N) is 1. The van der Waals surface area contributed by atoms with Crippen molar-refractivity contribution in [1.29, 1.82) is 0 Å². The molecule has 0 saturated carbocycles. The molecule has 0 fully saturated rings. The van der Waals surface area contributed by atoms with E-state index in [-0.39, 0.29) is 5.91 Å². The molecule has 6 nitrogen and oxygen atoms in total. The summed E-state index contributed by atoms with van der Waals surface area (Å²) >= 11 is 3.25. The van der Waals surface area contributed by atoms with Crippen LogP contribution in [0.4, 0.5) is 5.69 Å². The molecule has 0 bridgehead atoms. The summed E-state index contributed by atoms with van der Waals surface area (Å²) in [6, 6.07) is 12.7. The van der Waals surface area contributed by atoms with Gasteiger partial charge in [0, 0.05) is 22.7 Å². The lowest BCUT2D eigenvalue weighted by Crippen LogP contribution is -2.11. The van der Waals surface area contributed by atoms with E-state index in [0.717, 1.165) is 9.90 Å². The zero-order valence-corrected chi connectivity index (χ0v) is 15.8. The second-order valence-corrected chi connectivity index (χ2v) is 7.48. The minimum absolute atomic E-state index is 0.168. The van der Waals surface area contributed by atoms with Crippen LogP contribution in [0.15, 0.2) is 58.3 Å². The molecule has 3 aromatic heterocycles. The second kappa shape index (κ2) is 7.61. The standard InChI is InChI=1S/C19H13N5OS2/c1-26-18-11-15(12-27-18)21-19(25)14-5-2-4-13(10-14)7-8-17-23-22-16-6-3-9-20-24(16)17/h2-6,9-12H,1H3,(H,21,25). The fourth-order valence-corrected chi connectivity index (χ4v) is 3.72. The summed E-state index contributed by atoms with van der Waals surface area (Å²) < 4.78 is 2.72. The van der Waals surface area contributed by atoms with E-state index in [1.807, 2.05) is 29.8 Å². The molecule has 0 atom stereocenters. The molecule has 8 heteroatoms. The maximum Gasteiger partial charge on any atom is 0.255 e. The number of amides is 1. The minimum Gasteiger partial charge on any atom is -0.321 e. The van der Waals surface area contributed by atoms with Crippen molar-refractivity contribution < 1.29 is 4.79 Å².